The molecular weight excluding hydrogens is 264 g/mol. The predicted octanol–water partition coefficient (Wildman–Crippen LogP) is 3.26. The minimum absolute atomic E-state index is 0.353. The van der Waals surface area contributed by atoms with Crippen LogP contribution < -0.4 is 5.73 Å². The number of aryl methyl sites for hydroxylation is 2. The van der Waals surface area contributed by atoms with Crippen molar-refractivity contribution in [2.45, 2.75) is 46.6 Å². The summed E-state index contributed by atoms with van der Waals surface area (Å²) in [4.78, 5) is 11.3. The second-order valence-electron chi connectivity index (χ2n) is 5.60. The fourth-order valence-electron chi connectivity index (χ4n) is 3.07. The van der Waals surface area contributed by atoms with Crippen LogP contribution in [0.15, 0.2) is 12.1 Å². The lowest BCUT2D eigenvalue weighted by molar-refractivity contribution is 0.0697. The van der Waals surface area contributed by atoms with Crippen LogP contribution in [0.3, 0.4) is 0 Å². The molecule has 21 heavy (non-hydrogen) atoms. The molecule has 0 bridgehead atoms. The first-order valence-corrected chi connectivity index (χ1v) is 7.56. The van der Waals surface area contributed by atoms with Crippen molar-refractivity contribution in [3.63, 3.8) is 0 Å². The molecular formula is C17H24N2O2. The summed E-state index contributed by atoms with van der Waals surface area (Å²) in [6.45, 7) is 7.82. The zero-order valence-corrected chi connectivity index (χ0v) is 13.1. The monoisotopic (exact) mass is 288 g/mol. The molecule has 0 unspecified atom stereocenters. The second-order valence-corrected chi connectivity index (χ2v) is 5.60. The predicted molar refractivity (Wildman–Crippen MR) is 86.0 cm³/mol. The summed E-state index contributed by atoms with van der Waals surface area (Å²) in [7, 11) is 0. The highest BCUT2D eigenvalue weighted by molar-refractivity contribution is 5.97. The molecule has 0 radical (unpaired) electrons. The maximum absolute atomic E-state index is 11.3. The van der Waals surface area contributed by atoms with E-state index in [9.17, 15) is 9.90 Å². The van der Waals surface area contributed by atoms with Gasteiger partial charge in [-0.2, -0.15) is 0 Å². The van der Waals surface area contributed by atoms with Gasteiger partial charge >= 0.3 is 5.97 Å². The topological polar surface area (TPSA) is 68.2 Å². The van der Waals surface area contributed by atoms with Gasteiger partial charge in [-0.1, -0.05) is 13.3 Å². The Kier molecular flexibility index (Phi) is 4.68. The number of benzene rings is 1. The summed E-state index contributed by atoms with van der Waals surface area (Å²) in [5.41, 5.74) is 10.7. The summed E-state index contributed by atoms with van der Waals surface area (Å²) < 4.78 is 2.32. The minimum Gasteiger partial charge on any atom is -0.478 e. The average molecular weight is 288 g/mol. The van der Waals surface area contributed by atoms with Gasteiger partial charge < -0.3 is 15.4 Å². The van der Waals surface area contributed by atoms with Crippen molar-refractivity contribution < 1.29 is 9.90 Å². The summed E-state index contributed by atoms with van der Waals surface area (Å²) >= 11 is 0. The molecule has 0 atom stereocenters. The SMILES string of the molecule is CCCCn1c(C)c(CCN)c2cc(C(=O)O)cc(C)c21. The van der Waals surface area contributed by atoms with Crippen LogP contribution in [0.1, 0.15) is 46.9 Å². The van der Waals surface area contributed by atoms with Gasteiger partial charge in [0.15, 0.2) is 0 Å². The maximum Gasteiger partial charge on any atom is 0.335 e. The molecule has 1 heterocycles. The largest absolute Gasteiger partial charge is 0.478 e. The van der Waals surface area contributed by atoms with E-state index >= 15 is 0 Å². The Labute approximate surface area is 125 Å². The first kappa shape index (κ1) is 15.6. The zero-order valence-electron chi connectivity index (χ0n) is 13.1. The molecule has 4 nitrogen and oxygen atoms in total. The Balaban J connectivity index is 2.73. The number of carbonyl (C=O) groups is 1. The lowest BCUT2D eigenvalue weighted by Crippen LogP contribution is -2.05. The van der Waals surface area contributed by atoms with Crippen molar-refractivity contribution in [2.75, 3.05) is 6.54 Å². The number of nitrogens with zero attached hydrogens (tertiary/aromatic N) is 1. The van der Waals surface area contributed by atoms with E-state index in [1.165, 1.54) is 11.3 Å². The van der Waals surface area contributed by atoms with Crippen molar-refractivity contribution >= 4 is 16.9 Å². The maximum atomic E-state index is 11.3. The molecule has 4 heteroatoms. The zero-order chi connectivity index (χ0) is 15.6. The Bertz CT molecular complexity index is 671. The lowest BCUT2D eigenvalue weighted by Gasteiger charge is -2.10. The number of hydrogen-bond acceptors (Lipinski definition) is 2. The Hall–Kier alpha value is -1.81. The van der Waals surface area contributed by atoms with E-state index in [0.717, 1.165) is 42.3 Å². The molecule has 3 N–H and O–H groups in total. The van der Waals surface area contributed by atoms with Crippen molar-refractivity contribution in [1.29, 1.82) is 0 Å². The average Bonchev–Trinajstić information content (AvgIpc) is 2.70. The Morgan fingerprint density at radius 1 is 1.33 bits per heavy atom. The highest BCUT2D eigenvalue weighted by Crippen LogP contribution is 2.30. The van der Waals surface area contributed by atoms with Crippen LogP contribution in [0.4, 0.5) is 0 Å². The van der Waals surface area contributed by atoms with Crippen LogP contribution in [0, 0.1) is 13.8 Å². The third-order valence-corrected chi connectivity index (χ3v) is 4.11. The molecule has 0 aliphatic rings. The number of carboxylic acid groups (broad SMARTS) is 1. The van der Waals surface area contributed by atoms with Crippen LogP contribution in [-0.4, -0.2) is 22.2 Å². The normalized spacial score (nSPS) is 11.2. The molecule has 0 fully saturated rings. The summed E-state index contributed by atoms with van der Waals surface area (Å²) in [6.07, 6.45) is 3.04. The molecule has 1 aromatic heterocycles. The third-order valence-electron chi connectivity index (χ3n) is 4.11. The van der Waals surface area contributed by atoms with E-state index in [1.54, 1.807) is 12.1 Å². The molecule has 114 valence electrons. The highest BCUT2D eigenvalue weighted by atomic mass is 16.4. The third kappa shape index (κ3) is 2.81. The van der Waals surface area contributed by atoms with Gasteiger partial charge in [-0.15, -0.1) is 0 Å². The number of hydrogen-bond donors (Lipinski definition) is 2. The smallest absolute Gasteiger partial charge is 0.335 e. The highest BCUT2D eigenvalue weighted by Gasteiger charge is 2.17. The standard InChI is InChI=1S/C17H24N2O2/c1-4-5-8-19-12(3)14(6-7-18)15-10-13(17(20)21)9-11(2)16(15)19/h9-10H,4-8,18H2,1-3H3,(H,20,21). The van der Waals surface area contributed by atoms with E-state index in [-0.39, 0.29) is 0 Å². The van der Waals surface area contributed by atoms with Crippen molar-refractivity contribution in [1.82, 2.24) is 4.57 Å². The summed E-state index contributed by atoms with van der Waals surface area (Å²) in [5, 5.41) is 10.3. The molecule has 2 aromatic rings. The van der Waals surface area contributed by atoms with Gasteiger partial charge in [-0.05, 0) is 56.5 Å². The number of aromatic nitrogens is 1. The number of aromatic carboxylic acids is 1. The van der Waals surface area contributed by atoms with Crippen molar-refractivity contribution in [3.8, 4) is 0 Å². The van der Waals surface area contributed by atoms with Crippen molar-refractivity contribution in [2.24, 2.45) is 5.73 Å². The van der Waals surface area contributed by atoms with Gasteiger partial charge in [-0.25, -0.2) is 4.79 Å². The molecule has 0 spiro atoms. The molecule has 0 saturated heterocycles. The summed E-state index contributed by atoms with van der Waals surface area (Å²) in [5.74, 6) is -0.877. The molecule has 0 saturated carbocycles. The number of unbranched alkanes of at least 4 members (excludes halogenated alkanes) is 1. The molecule has 2 rings (SSSR count). The van der Waals surface area contributed by atoms with E-state index < -0.39 is 5.97 Å². The van der Waals surface area contributed by atoms with E-state index in [4.69, 9.17) is 5.73 Å². The number of rotatable bonds is 6. The van der Waals surface area contributed by atoms with E-state index in [2.05, 4.69) is 18.4 Å². The second kappa shape index (κ2) is 6.31. The van der Waals surface area contributed by atoms with Gasteiger partial charge in [0.25, 0.3) is 0 Å². The first-order valence-electron chi connectivity index (χ1n) is 7.56. The number of nitrogens with two attached hydrogens (primary N) is 1. The Morgan fingerprint density at radius 3 is 2.62 bits per heavy atom. The summed E-state index contributed by atoms with van der Waals surface area (Å²) in [6, 6.07) is 3.56. The first-order chi connectivity index (χ1) is 10.0. The molecule has 1 aromatic carbocycles. The van der Waals surface area contributed by atoms with Crippen molar-refractivity contribution in [3.05, 3.63) is 34.5 Å². The van der Waals surface area contributed by atoms with Crippen LogP contribution in [0.2, 0.25) is 0 Å². The lowest BCUT2D eigenvalue weighted by atomic mass is 10.0. The fraction of sp³-hybridized carbons (Fsp3) is 0.471. The number of fused-ring (bicyclic) bond motifs is 1. The Morgan fingerprint density at radius 2 is 2.05 bits per heavy atom. The molecule has 0 aliphatic heterocycles. The van der Waals surface area contributed by atoms with Crippen LogP contribution >= 0.6 is 0 Å². The van der Waals surface area contributed by atoms with Crippen LogP contribution in [0.25, 0.3) is 10.9 Å². The quantitative estimate of drug-likeness (QED) is 0.857. The van der Waals surface area contributed by atoms with E-state index in [1.807, 2.05) is 6.92 Å². The fourth-order valence-corrected chi connectivity index (χ4v) is 3.07. The van der Waals surface area contributed by atoms with Gasteiger partial charge in [0.1, 0.15) is 0 Å². The van der Waals surface area contributed by atoms with Crippen LogP contribution in [-0.2, 0) is 13.0 Å². The number of carboxylic acids is 1. The minimum atomic E-state index is -0.877. The van der Waals surface area contributed by atoms with Gasteiger partial charge in [0.2, 0.25) is 0 Å². The van der Waals surface area contributed by atoms with Crippen LogP contribution in [0.5, 0.6) is 0 Å². The van der Waals surface area contributed by atoms with Gasteiger partial charge in [-0.3, -0.25) is 0 Å². The van der Waals surface area contributed by atoms with Gasteiger partial charge in [0.05, 0.1) is 11.1 Å². The molecule has 0 aliphatic carbocycles. The van der Waals surface area contributed by atoms with E-state index in [0.29, 0.717) is 12.1 Å². The molecule has 0 amide bonds. The van der Waals surface area contributed by atoms with Gasteiger partial charge in [0, 0.05) is 17.6 Å².